The zero-order valence-corrected chi connectivity index (χ0v) is 14.8. The molecular formula is C19H24N2O4. The zero-order chi connectivity index (χ0) is 18.2. The molecule has 2 rings (SSSR count). The Bertz CT molecular complexity index is 737. The molecule has 0 atom stereocenters. The second-order valence-corrected chi connectivity index (χ2v) is 5.51. The van der Waals surface area contributed by atoms with Gasteiger partial charge in [0.05, 0.1) is 13.2 Å². The number of benzene rings is 1. The van der Waals surface area contributed by atoms with Crippen molar-refractivity contribution in [2.24, 2.45) is 0 Å². The number of hydrogen-bond donors (Lipinski definition) is 2. The highest BCUT2D eigenvalue weighted by atomic mass is 16.5. The molecule has 0 saturated heterocycles. The van der Waals surface area contributed by atoms with Crippen LogP contribution in [0.2, 0.25) is 0 Å². The average Bonchev–Trinajstić information content (AvgIpc) is 3.08. The maximum Gasteiger partial charge on any atom is 0.267 e. The minimum absolute atomic E-state index is 0.0758. The highest BCUT2D eigenvalue weighted by molar-refractivity contribution is 5.99. The summed E-state index contributed by atoms with van der Waals surface area (Å²) >= 11 is 0. The molecule has 1 aromatic carbocycles. The van der Waals surface area contributed by atoms with Gasteiger partial charge < -0.3 is 19.8 Å². The Morgan fingerprint density at radius 3 is 2.44 bits per heavy atom. The summed E-state index contributed by atoms with van der Waals surface area (Å²) in [5, 5.41) is 2.84. The molecule has 2 N–H and O–H groups in total. The molecule has 0 spiro atoms. The first-order chi connectivity index (χ1) is 12.0. The van der Waals surface area contributed by atoms with Gasteiger partial charge in [-0.25, -0.2) is 0 Å². The summed E-state index contributed by atoms with van der Waals surface area (Å²) in [4.78, 5) is 26.2. The van der Waals surface area contributed by atoms with Crippen LogP contribution in [-0.2, 0) is 6.42 Å². The van der Waals surface area contributed by atoms with Gasteiger partial charge in [0, 0.05) is 18.3 Å². The zero-order valence-electron chi connectivity index (χ0n) is 14.8. The predicted octanol–water partition coefficient (Wildman–Crippen LogP) is 2.99. The van der Waals surface area contributed by atoms with Crippen molar-refractivity contribution in [3.63, 3.8) is 0 Å². The lowest BCUT2D eigenvalue weighted by Gasteiger charge is -2.12. The number of aromatic amines is 1. The van der Waals surface area contributed by atoms with Crippen molar-refractivity contribution in [2.75, 3.05) is 19.8 Å². The number of ketones is 1. The maximum absolute atomic E-state index is 12.1. The fourth-order valence-electron chi connectivity index (χ4n) is 2.40. The lowest BCUT2D eigenvalue weighted by atomic mass is 10.1. The second-order valence-electron chi connectivity index (χ2n) is 5.51. The highest BCUT2D eigenvalue weighted by Gasteiger charge is 2.11. The van der Waals surface area contributed by atoms with E-state index < -0.39 is 0 Å². The van der Waals surface area contributed by atoms with E-state index >= 15 is 0 Å². The summed E-state index contributed by atoms with van der Waals surface area (Å²) in [7, 11) is 0. The molecular weight excluding hydrogens is 320 g/mol. The summed E-state index contributed by atoms with van der Waals surface area (Å²) in [6.07, 6.45) is 2.20. The van der Waals surface area contributed by atoms with Crippen LogP contribution in [0.25, 0.3) is 0 Å². The van der Waals surface area contributed by atoms with E-state index in [2.05, 4.69) is 10.3 Å². The Morgan fingerprint density at radius 2 is 1.80 bits per heavy atom. The minimum atomic E-state index is -0.233. The molecule has 0 aliphatic heterocycles. The highest BCUT2D eigenvalue weighted by Crippen LogP contribution is 2.28. The smallest absolute Gasteiger partial charge is 0.267 e. The van der Waals surface area contributed by atoms with Crippen LogP contribution in [0.4, 0.5) is 0 Å². The average molecular weight is 344 g/mol. The van der Waals surface area contributed by atoms with Crippen LogP contribution in [-0.4, -0.2) is 36.4 Å². The van der Waals surface area contributed by atoms with Gasteiger partial charge >= 0.3 is 0 Å². The molecule has 1 aromatic heterocycles. The van der Waals surface area contributed by atoms with E-state index in [9.17, 15) is 9.59 Å². The number of amides is 1. The molecule has 0 radical (unpaired) electrons. The number of nitrogens with one attached hydrogen (secondary N) is 2. The van der Waals surface area contributed by atoms with E-state index in [1.54, 1.807) is 6.07 Å². The van der Waals surface area contributed by atoms with E-state index in [0.717, 1.165) is 11.3 Å². The lowest BCUT2D eigenvalue weighted by molar-refractivity contribution is 0.0949. The van der Waals surface area contributed by atoms with E-state index in [1.165, 1.54) is 13.1 Å². The normalized spacial score (nSPS) is 10.4. The first-order valence-electron chi connectivity index (χ1n) is 8.41. The van der Waals surface area contributed by atoms with E-state index in [0.29, 0.717) is 43.2 Å². The van der Waals surface area contributed by atoms with Crippen LogP contribution >= 0.6 is 0 Å². The minimum Gasteiger partial charge on any atom is -0.490 e. The summed E-state index contributed by atoms with van der Waals surface area (Å²) in [6.45, 7) is 6.94. The largest absolute Gasteiger partial charge is 0.490 e. The molecule has 1 heterocycles. The van der Waals surface area contributed by atoms with Crippen LogP contribution in [0.15, 0.2) is 30.5 Å². The van der Waals surface area contributed by atoms with Gasteiger partial charge in [-0.1, -0.05) is 6.07 Å². The molecule has 0 bridgehead atoms. The van der Waals surface area contributed by atoms with Crippen LogP contribution in [0, 0.1) is 0 Å². The molecule has 25 heavy (non-hydrogen) atoms. The summed E-state index contributed by atoms with van der Waals surface area (Å²) in [5.74, 6) is 1.13. The standard InChI is InChI=1S/C19H24N2O4/c1-4-24-17-7-6-14(10-18(17)25-5-2)8-9-20-19(23)16-11-15(12-21-16)13(3)22/h6-7,10-12,21H,4-5,8-9H2,1-3H3,(H,20,23). The molecule has 134 valence electrons. The Kier molecular flexibility index (Phi) is 6.62. The van der Waals surface area contributed by atoms with Gasteiger partial charge in [0.25, 0.3) is 5.91 Å². The number of H-pyrrole nitrogens is 1. The van der Waals surface area contributed by atoms with E-state index in [1.807, 2.05) is 32.0 Å². The van der Waals surface area contributed by atoms with Crippen LogP contribution in [0.3, 0.4) is 0 Å². The molecule has 0 aliphatic rings. The fraction of sp³-hybridized carbons (Fsp3) is 0.368. The van der Waals surface area contributed by atoms with Crippen molar-refractivity contribution < 1.29 is 19.1 Å². The van der Waals surface area contributed by atoms with E-state index in [4.69, 9.17) is 9.47 Å². The van der Waals surface area contributed by atoms with Crippen molar-refractivity contribution >= 4 is 11.7 Å². The monoisotopic (exact) mass is 344 g/mol. The van der Waals surface area contributed by atoms with Gasteiger partial charge in [0.15, 0.2) is 17.3 Å². The molecule has 6 nitrogen and oxygen atoms in total. The summed E-state index contributed by atoms with van der Waals surface area (Å²) < 4.78 is 11.1. The third kappa shape index (κ3) is 5.11. The number of ether oxygens (including phenoxy) is 2. The third-order valence-electron chi connectivity index (χ3n) is 3.64. The maximum atomic E-state index is 12.1. The van der Waals surface area contributed by atoms with Crippen LogP contribution < -0.4 is 14.8 Å². The molecule has 1 amide bonds. The Morgan fingerprint density at radius 1 is 1.08 bits per heavy atom. The Labute approximate surface area is 147 Å². The first-order valence-corrected chi connectivity index (χ1v) is 8.41. The second kappa shape index (κ2) is 8.92. The van der Waals surface area contributed by atoms with E-state index in [-0.39, 0.29) is 11.7 Å². The van der Waals surface area contributed by atoms with Gasteiger partial charge in [0.2, 0.25) is 0 Å². The SMILES string of the molecule is CCOc1ccc(CCNC(=O)c2cc(C(C)=O)c[nH]2)cc1OCC. The topological polar surface area (TPSA) is 80.4 Å². The lowest BCUT2D eigenvalue weighted by Crippen LogP contribution is -2.25. The quantitative estimate of drug-likeness (QED) is 0.685. The molecule has 2 aromatic rings. The van der Waals surface area contributed by atoms with Crippen molar-refractivity contribution in [1.29, 1.82) is 0 Å². The van der Waals surface area contributed by atoms with Crippen molar-refractivity contribution in [3.8, 4) is 11.5 Å². The fourth-order valence-corrected chi connectivity index (χ4v) is 2.40. The number of aromatic nitrogens is 1. The van der Waals surface area contributed by atoms with Crippen LogP contribution in [0.5, 0.6) is 11.5 Å². The molecule has 0 aliphatic carbocycles. The number of rotatable bonds is 9. The van der Waals surface area contributed by atoms with Crippen molar-refractivity contribution in [2.45, 2.75) is 27.2 Å². The molecule has 0 saturated carbocycles. The van der Waals surface area contributed by atoms with Crippen LogP contribution in [0.1, 0.15) is 47.2 Å². The summed E-state index contributed by atoms with van der Waals surface area (Å²) in [6, 6.07) is 7.34. The van der Waals surface area contributed by atoms with Gasteiger partial charge in [-0.15, -0.1) is 0 Å². The Hall–Kier alpha value is -2.76. The van der Waals surface area contributed by atoms with Crippen molar-refractivity contribution in [1.82, 2.24) is 10.3 Å². The van der Waals surface area contributed by atoms with Gasteiger partial charge in [-0.2, -0.15) is 0 Å². The van der Waals surface area contributed by atoms with Gasteiger partial charge in [0.1, 0.15) is 5.69 Å². The number of carbonyl (C=O) groups excluding carboxylic acids is 2. The summed E-state index contributed by atoms with van der Waals surface area (Å²) in [5.41, 5.74) is 1.92. The molecule has 0 fully saturated rings. The molecule has 0 unspecified atom stereocenters. The third-order valence-corrected chi connectivity index (χ3v) is 3.64. The van der Waals surface area contributed by atoms with Gasteiger partial charge in [-0.05, 0) is 51.0 Å². The van der Waals surface area contributed by atoms with Gasteiger partial charge in [-0.3, -0.25) is 9.59 Å². The number of hydrogen-bond acceptors (Lipinski definition) is 4. The predicted molar refractivity (Wildman–Crippen MR) is 95.6 cm³/mol. The number of Topliss-reactive ketones (excluding diaryl/α,β-unsaturated/α-hetero) is 1. The first kappa shape index (κ1) is 18.6. The Balaban J connectivity index is 1.93. The van der Waals surface area contributed by atoms with Crippen molar-refractivity contribution in [3.05, 3.63) is 47.3 Å². The molecule has 6 heteroatoms. The number of carbonyl (C=O) groups is 2.